The van der Waals surface area contributed by atoms with Crippen LogP contribution in [0.2, 0.25) is 0 Å². The van der Waals surface area contributed by atoms with Crippen molar-refractivity contribution in [3.05, 3.63) is 24.3 Å². The minimum atomic E-state index is -2.71. The molecule has 12 heterocycles. The van der Waals surface area contributed by atoms with E-state index in [0.29, 0.717) is 83.5 Å². The first-order valence-corrected chi connectivity index (χ1v) is 30.6. The molecule has 80 heavy (non-hydrogen) atoms. The van der Waals surface area contributed by atoms with Crippen molar-refractivity contribution in [3.63, 3.8) is 0 Å². The highest BCUT2D eigenvalue weighted by Gasteiger charge is 2.66. The molecule has 2 spiro atoms. The van der Waals surface area contributed by atoms with Gasteiger partial charge in [-0.3, -0.25) is 9.59 Å². The Balaban J connectivity index is 0.726. The fourth-order valence-electron chi connectivity index (χ4n) is 17.7. The Bertz CT molecular complexity index is 2350. The maximum atomic E-state index is 14.5. The lowest BCUT2D eigenvalue weighted by Crippen LogP contribution is -2.66. The van der Waals surface area contributed by atoms with Crippen molar-refractivity contribution in [2.75, 3.05) is 0 Å². The van der Waals surface area contributed by atoms with Gasteiger partial charge in [-0.1, -0.05) is 40.9 Å². The van der Waals surface area contributed by atoms with Crippen molar-refractivity contribution in [1.82, 2.24) is 0 Å². The van der Waals surface area contributed by atoms with Gasteiger partial charge in [0, 0.05) is 70.1 Å². The van der Waals surface area contributed by atoms with E-state index < -0.39 is 108 Å². The molecule has 29 atom stereocenters. The van der Waals surface area contributed by atoms with Crippen molar-refractivity contribution in [2.45, 2.75) is 301 Å². The molecular weight excluding hydrogens is 1040 g/mol. The molecule has 20 heteroatoms. The highest BCUT2D eigenvalue weighted by molar-refractivity contribution is 5.70. The van der Waals surface area contributed by atoms with Gasteiger partial charge < -0.3 is 87.5 Å². The minimum Gasteiger partial charge on any atom is -0.481 e. The molecule has 0 aromatic rings. The van der Waals surface area contributed by atoms with Crippen molar-refractivity contribution in [3.8, 4) is 0 Å². The lowest BCUT2D eigenvalue weighted by atomic mass is 9.67. The van der Waals surface area contributed by atoms with Crippen LogP contribution in [0.5, 0.6) is 0 Å². The van der Waals surface area contributed by atoms with Gasteiger partial charge in [-0.15, -0.1) is 0 Å². The molecule has 1 aliphatic carbocycles. The second kappa shape index (κ2) is 21.3. The van der Waals surface area contributed by atoms with Crippen LogP contribution in [0.15, 0.2) is 24.3 Å². The number of carbonyl (C=O) groups is 2. The van der Waals surface area contributed by atoms with Crippen molar-refractivity contribution in [1.29, 1.82) is 0 Å². The van der Waals surface area contributed by atoms with Crippen LogP contribution >= 0.6 is 0 Å². The molecule has 1 saturated carbocycles. The number of carboxylic acid groups (broad SMARTS) is 1. The van der Waals surface area contributed by atoms with E-state index in [1.165, 1.54) is 0 Å². The largest absolute Gasteiger partial charge is 0.481 e. The monoisotopic (exact) mass is 1130 g/mol. The van der Waals surface area contributed by atoms with Crippen LogP contribution in [0.3, 0.4) is 0 Å². The number of aliphatic hydroxyl groups is 5. The fraction of sp³-hybridized carbons (Fsp3) is 0.900. The maximum absolute atomic E-state index is 14.5. The zero-order chi connectivity index (χ0) is 55.9. The van der Waals surface area contributed by atoms with E-state index in [0.717, 1.165) is 17.6 Å². The SMILES string of the molecule is C=C1C[C@@H]2CC[C@]3(O)O[C@@H]4C[C@H](CC(O)(O)[C@H]3O)O[C@H]3CC[C@H](CC(=O)O[C@@H]5[C@@H](C)[C@@H]6O[C@@H]7C[C@@]8(C[C@@H]9O[C@]%10(C[C@H](C)[C@@H]%11C[C@H](CC(=O)O)[C@H](O)C[C@@H]%11O%10)C[C@H](C)[C@@H]9O8)O[C@@H]7C[C@@H]6O[C@H]5C[C@H]5O[C@@H](CC[C@@H]1O2)C[C@@H](C)C5=C)OC34. The Morgan fingerprint density at radius 2 is 1.27 bits per heavy atom. The first-order valence-electron chi connectivity index (χ1n) is 30.6. The van der Waals surface area contributed by atoms with E-state index in [9.17, 15) is 40.2 Å². The van der Waals surface area contributed by atoms with Gasteiger partial charge in [-0.25, -0.2) is 0 Å². The normalized spacial score (nSPS) is 54.9. The summed E-state index contributed by atoms with van der Waals surface area (Å²) in [4.78, 5) is 26.1. The highest BCUT2D eigenvalue weighted by atomic mass is 16.8. The third-order valence-corrected chi connectivity index (χ3v) is 21.7. The molecule has 9 bridgehead atoms. The van der Waals surface area contributed by atoms with E-state index in [1.807, 2.05) is 0 Å². The molecule has 448 valence electrons. The zero-order valence-electron chi connectivity index (χ0n) is 47.0. The van der Waals surface area contributed by atoms with Gasteiger partial charge in [0.2, 0.25) is 0 Å². The summed E-state index contributed by atoms with van der Waals surface area (Å²) < 4.78 is 81.8. The van der Waals surface area contributed by atoms with Crippen molar-refractivity contribution >= 4 is 11.9 Å². The highest BCUT2D eigenvalue weighted by Crippen LogP contribution is 2.57. The maximum Gasteiger partial charge on any atom is 0.308 e. The number of carboxylic acids is 1. The molecule has 12 aliphatic heterocycles. The molecule has 13 fully saturated rings. The number of aliphatic carboxylic acids is 1. The van der Waals surface area contributed by atoms with Crippen LogP contribution in [0.1, 0.15) is 156 Å². The summed E-state index contributed by atoms with van der Waals surface area (Å²) in [5.41, 5.74) is 1.89. The summed E-state index contributed by atoms with van der Waals surface area (Å²) in [5.74, 6) is -8.30. The predicted molar refractivity (Wildman–Crippen MR) is 278 cm³/mol. The fourth-order valence-corrected chi connectivity index (χ4v) is 17.7. The van der Waals surface area contributed by atoms with E-state index in [-0.39, 0.29) is 123 Å². The smallest absolute Gasteiger partial charge is 0.308 e. The van der Waals surface area contributed by atoms with Gasteiger partial charge in [0.05, 0.1) is 117 Å². The molecular formula is C60H88O20. The number of carbonyl (C=O) groups excluding carboxylic acids is 1. The van der Waals surface area contributed by atoms with Crippen molar-refractivity contribution < 1.29 is 97.1 Å². The number of aliphatic hydroxyl groups excluding tert-OH is 2. The third kappa shape index (κ3) is 10.6. The number of esters is 1. The summed E-state index contributed by atoms with van der Waals surface area (Å²) in [5, 5.41) is 66.6. The minimum absolute atomic E-state index is 0.0526. The molecule has 13 aliphatic rings. The van der Waals surface area contributed by atoms with Crippen LogP contribution in [-0.4, -0.2) is 188 Å². The molecule has 0 amide bonds. The Morgan fingerprint density at radius 1 is 0.562 bits per heavy atom. The summed E-state index contributed by atoms with van der Waals surface area (Å²) in [7, 11) is 0. The number of ether oxygens (including phenoxy) is 12. The summed E-state index contributed by atoms with van der Waals surface area (Å²) in [6.07, 6.45) is -3.32. The summed E-state index contributed by atoms with van der Waals surface area (Å²) in [6.45, 7) is 17.5. The van der Waals surface area contributed by atoms with E-state index in [4.69, 9.17) is 56.8 Å². The van der Waals surface area contributed by atoms with E-state index in [1.54, 1.807) is 0 Å². The van der Waals surface area contributed by atoms with Crippen LogP contribution < -0.4 is 0 Å². The average molecular weight is 1130 g/mol. The Kier molecular flexibility index (Phi) is 15.2. The van der Waals surface area contributed by atoms with Crippen LogP contribution in [0, 0.1) is 35.5 Å². The summed E-state index contributed by atoms with van der Waals surface area (Å²) >= 11 is 0. The summed E-state index contributed by atoms with van der Waals surface area (Å²) in [6, 6.07) is 0. The topological polar surface area (TPSA) is 266 Å². The van der Waals surface area contributed by atoms with E-state index in [2.05, 4.69) is 40.9 Å². The Morgan fingerprint density at radius 3 is 2.09 bits per heavy atom. The van der Waals surface area contributed by atoms with E-state index >= 15 is 0 Å². The van der Waals surface area contributed by atoms with Crippen molar-refractivity contribution in [2.24, 2.45) is 35.5 Å². The standard InChI is InChI=1S/C60H88O20/c1-27-13-34-7-9-40-28(2)14-36(69-40)11-12-60(68)56(65)59(66,67)24-37-17-47(79-60)55-41(71-37)10-8-35(72-55)18-51(64)75-54-32(6)53-46(73-45(54)20-42(70-34)31(27)5)21-44-48(74-53)25-58(77-44)26-49-52(80-58)30(4)23-57(78-49)22-29(3)38-15-33(16-50(62)63)39(61)19-43(38)76-57/h27,29-30,32-49,52-56,61,65-68H,2,5,7-26H2,1,3-4,6H3,(H,62,63)/t27-,29+,30+,32+,33-,34+,35-,36+,37-,38+,39-,40+,41+,42-,43+,44-,45+,46+,47-,48-,49+,52+,53+,54-,55?,56-,57-,58-,60+/m1/s1. The number of hydrogen-bond acceptors (Lipinski definition) is 19. The zero-order valence-corrected chi connectivity index (χ0v) is 47.0. The molecule has 13 rings (SSSR count). The van der Waals surface area contributed by atoms with Crippen LogP contribution in [0.4, 0.5) is 0 Å². The number of fused-ring (bicyclic) bond motifs is 12. The molecule has 1 unspecified atom stereocenters. The average Bonchev–Trinajstić information content (AvgIpc) is 3.36. The van der Waals surface area contributed by atoms with Gasteiger partial charge in [0.15, 0.2) is 29.3 Å². The lowest BCUT2D eigenvalue weighted by Gasteiger charge is -2.55. The van der Waals surface area contributed by atoms with Gasteiger partial charge in [-0.2, -0.15) is 0 Å². The predicted octanol–water partition coefficient (Wildman–Crippen LogP) is 4.78. The third-order valence-electron chi connectivity index (χ3n) is 21.7. The first kappa shape index (κ1) is 56.9. The molecule has 0 aromatic heterocycles. The molecule has 0 aromatic carbocycles. The van der Waals surface area contributed by atoms with Gasteiger partial charge in [-0.05, 0) is 92.1 Å². The molecule has 6 N–H and O–H groups in total. The van der Waals surface area contributed by atoms with Gasteiger partial charge >= 0.3 is 11.9 Å². The quantitative estimate of drug-likeness (QED) is 0.123. The van der Waals surface area contributed by atoms with Gasteiger partial charge in [0.25, 0.3) is 0 Å². The molecule has 12 saturated heterocycles. The Hall–Kier alpha value is -2.22. The van der Waals surface area contributed by atoms with Gasteiger partial charge in [0.1, 0.15) is 12.2 Å². The van der Waals surface area contributed by atoms with Crippen LogP contribution in [-0.2, 0) is 66.4 Å². The number of hydrogen-bond donors (Lipinski definition) is 6. The molecule has 0 radical (unpaired) electrons. The second-order valence-electron chi connectivity index (χ2n) is 27.5. The first-order chi connectivity index (χ1) is 38.0. The molecule has 20 nitrogen and oxygen atoms in total. The van der Waals surface area contributed by atoms with Crippen LogP contribution in [0.25, 0.3) is 0 Å². The lowest BCUT2D eigenvalue weighted by molar-refractivity contribution is -0.391. The number of rotatable bonds is 2. The second-order valence-corrected chi connectivity index (χ2v) is 27.5. The Labute approximate surface area is 468 Å².